The predicted octanol–water partition coefficient (Wildman–Crippen LogP) is 2.20. The fourth-order valence-electron chi connectivity index (χ4n) is 2.21. The van der Waals surface area contributed by atoms with Crippen LogP contribution in [0.25, 0.3) is 0 Å². The summed E-state index contributed by atoms with van der Waals surface area (Å²) < 4.78 is 10.2. The van der Waals surface area contributed by atoms with Crippen molar-refractivity contribution in [3.63, 3.8) is 0 Å². The zero-order valence-electron chi connectivity index (χ0n) is 12.1. The number of hydrogen-bond donors (Lipinski definition) is 1. The molecule has 0 aromatic carbocycles. The maximum absolute atomic E-state index is 5.26. The Morgan fingerprint density at radius 1 is 1.22 bits per heavy atom. The smallest absolute Gasteiger partial charge is 0.240 e. The van der Waals surface area contributed by atoms with Crippen molar-refractivity contribution in [2.75, 3.05) is 20.3 Å². The Labute approximate surface area is 109 Å². The van der Waals surface area contributed by atoms with Gasteiger partial charge in [-0.05, 0) is 11.8 Å². The second-order valence-corrected chi connectivity index (χ2v) is 5.23. The molecule has 1 rings (SSSR count). The molecule has 0 aliphatic heterocycles. The van der Waals surface area contributed by atoms with Crippen molar-refractivity contribution in [3.8, 4) is 0 Å². The molecular formula is C13H25N3O2. The number of nitrogens with one attached hydrogen (secondary N) is 1. The Morgan fingerprint density at radius 2 is 1.89 bits per heavy atom. The average molecular weight is 255 g/mol. The van der Waals surface area contributed by atoms with Gasteiger partial charge in [0.05, 0.1) is 13.2 Å². The molecule has 5 heteroatoms. The molecule has 0 spiro atoms. The van der Waals surface area contributed by atoms with Crippen LogP contribution in [0.15, 0.2) is 4.52 Å². The van der Waals surface area contributed by atoms with Gasteiger partial charge in [-0.3, -0.25) is 0 Å². The van der Waals surface area contributed by atoms with E-state index in [-0.39, 0.29) is 0 Å². The van der Waals surface area contributed by atoms with E-state index in [4.69, 9.17) is 9.26 Å². The molecule has 5 nitrogen and oxygen atoms in total. The first kappa shape index (κ1) is 15.1. The van der Waals surface area contributed by atoms with Gasteiger partial charge >= 0.3 is 0 Å². The molecule has 0 saturated carbocycles. The molecule has 1 N–H and O–H groups in total. The van der Waals surface area contributed by atoms with Crippen LogP contribution < -0.4 is 5.32 Å². The van der Waals surface area contributed by atoms with E-state index < -0.39 is 0 Å². The lowest BCUT2D eigenvalue weighted by atomic mass is 9.85. The first-order valence-electron chi connectivity index (χ1n) is 6.58. The van der Waals surface area contributed by atoms with Crippen molar-refractivity contribution in [1.82, 2.24) is 15.5 Å². The van der Waals surface area contributed by atoms with Crippen molar-refractivity contribution in [2.24, 2.45) is 11.8 Å². The van der Waals surface area contributed by atoms with E-state index in [0.717, 1.165) is 12.4 Å². The third kappa shape index (κ3) is 4.38. The molecular weight excluding hydrogens is 230 g/mol. The van der Waals surface area contributed by atoms with E-state index in [1.165, 1.54) is 0 Å². The van der Waals surface area contributed by atoms with Gasteiger partial charge in [-0.15, -0.1) is 0 Å². The molecule has 0 saturated heterocycles. The topological polar surface area (TPSA) is 60.2 Å². The number of aromatic nitrogens is 2. The molecule has 18 heavy (non-hydrogen) atoms. The molecule has 0 bridgehead atoms. The zero-order chi connectivity index (χ0) is 13.5. The van der Waals surface area contributed by atoms with E-state index in [1.807, 2.05) is 0 Å². The van der Waals surface area contributed by atoms with Crippen LogP contribution in [0, 0.1) is 11.8 Å². The molecule has 0 radical (unpaired) electrons. The Hall–Kier alpha value is -0.940. The van der Waals surface area contributed by atoms with Gasteiger partial charge in [0.2, 0.25) is 5.89 Å². The molecule has 1 heterocycles. The van der Waals surface area contributed by atoms with Crippen LogP contribution in [-0.2, 0) is 11.3 Å². The number of methoxy groups -OCH3 is 1. The Bertz CT molecular complexity index is 329. The highest BCUT2D eigenvalue weighted by molar-refractivity contribution is 4.98. The fraction of sp³-hybridized carbons (Fsp3) is 0.846. The molecule has 1 aromatic rings. The summed E-state index contributed by atoms with van der Waals surface area (Å²) in [6, 6.07) is 0. The van der Waals surface area contributed by atoms with Crippen LogP contribution in [0.5, 0.6) is 0 Å². The lowest BCUT2D eigenvalue weighted by Gasteiger charge is -2.20. The predicted molar refractivity (Wildman–Crippen MR) is 70.3 cm³/mol. The first-order chi connectivity index (χ1) is 8.56. The van der Waals surface area contributed by atoms with Gasteiger partial charge in [-0.25, -0.2) is 0 Å². The summed E-state index contributed by atoms with van der Waals surface area (Å²) in [6.07, 6.45) is 0. The SMILES string of the molecule is COCCNCc1nc(C(C(C)C)C(C)C)no1. The van der Waals surface area contributed by atoms with Crippen LogP contribution in [0.3, 0.4) is 0 Å². The van der Waals surface area contributed by atoms with Gasteiger partial charge < -0.3 is 14.6 Å². The summed E-state index contributed by atoms with van der Waals surface area (Å²) >= 11 is 0. The third-order valence-electron chi connectivity index (χ3n) is 2.98. The summed E-state index contributed by atoms with van der Waals surface area (Å²) in [6.45, 7) is 10.8. The van der Waals surface area contributed by atoms with Crippen LogP contribution >= 0.6 is 0 Å². The highest BCUT2D eigenvalue weighted by Gasteiger charge is 2.24. The highest BCUT2D eigenvalue weighted by atomic mass is 16.5. The van der Waals surface area contributed by atoms with Gasteiger partial charge in [0.25, 0.3) is 0 Å². The second-order valence-electron chi connectivity index (χ2n) is 5.23. The normalized spacial score (nSPS) is 12.0. The van der Waals surface area contributed by atoms with Crippen molar-refractivity contribution < 1.29 is 9.26 Å². The second kappa shape index (κ2) is 7.48. The molecule has 0 atom stereocenters. The van der Waals surface area contributed by atoms with Crippen molar-refractivity contribution in [2.45, 2.75) is 40.2 Å². The van der Waals surface area contributed by atoms with Gasteiger partial charge in [-0.1, -0.05) is 32.9 Å². The maximum atomic E-state index is 5.26. The van der Waals surface area contributed by atoms with Gasteiger partial charge in [0.1, 0.15) is 0 Å². The van der Waals surface area contributed by atoms with E-state index in [1.54, 1.807) is 7.11 Å². The minimum Gasteiger partial charge on any atom is -0.383 e. The van der Waals surface area contributed by atoms with E-state index in [9.17, 15) is 0 Å². The highest BCUT2D eigenvalue weighted by Crippen LogP contribution is 2.29. The number of ether oxygens (including phenoxy) is 1. The number of nitrogens with zero attached hydrogens (tertiary/aromatic N) is 2. The van der Waals surface area contributed by atoms with Gasteiger partial charge in [0.15, 0.2) is 5.82 Å². The molecule has 104 valence electrons. The Kier molecular flexibility index (Phi) is 6.29. The lowest BCUT2D eigenvalue weighted by molar-refractivity contribution is 0.197. The number of rotatable bonds is 8. The van der Waals surface area contributed by atoms with Crippen molar-refractivity contribution in [1.29, 1.82) is 0 Å². The van der Waals surface area contributed by atoms with Gasteiger partial charge in [0, 0.05) is 19.6 Å². The minimum absolute atomic E-state index is 0.349. The third-order valence-corrected chi connectivity index (χ3v) is 2.98. The summed E-state index contributed by atoms with van der Waals surface area (Å²) in [4.78, 5) is 4.47. The average Bonchev–Trinajstić information content (AvgIpc) is 2.72. The minimum atomic E-state index is 0.349. The summed E-state index contributed by atoms with van der Waals surface area (Å²) in [5.74, 6) is 2.84. The molecule has 0 amide bonds. The largest absolute Gasteiger partial charge is 0.383 e. The number of hydrogen-bond acceptors (Lipinski definition) is 5. The Morgan fingerprint density at radius 3 is 2.44 bits per heavy atom. The summed E-state index contributed by atoms with van der Waals surface area (Å²) in [5.41, 5.74) is 0. The van der Waals surface area contributed by atoms with E-state index in [0.29, 0.717) is 36.8 Å². The zero-order valence-corrected chi connectivity index (χ0v) is 12.1. The fourth-order valence-corrected chi connectivity index (χ4v) is 2.21. The van der Waals surface area contributed by atoms with Crippen molar-refractivity contribution >= 4 is 0 Å². The van der Waals surface area contributed by atoms with Gasteiger partial charge in [-0.2, -0.15) is 4.98 Å². The van der Waals surface area contributed by atoms with E-state index >= 15 is 0 Å². The van der Waals surface area contributed by atoms with Crippen LogP contribution in [-0.4, -0.2) is 30.4 Å². The molecule has 0 aliphatic rings. The molecule has 0 unspecified atom stereocenters. The lowest BCUT2D eigenvalue weighted by Crippen LogP contribution is -2.19. The maximum Gasteiger partial charge on any atom is 0.240 e. The first-order valence-corrected chi connectivity index (χ1v) is 6.58. The Balaban J connectivity index is 2.55. The summed E-state index contributed by atoms with van der Waals surface area (Å²) in [7, 11) is 1.68. The standard InChI is InChI=1S/C13H25N3O2/c1-9(2)12(10(3)4)13-15-11(18-16-13)8-14-6-7-17-5/h9-10,12,14H,6-8H2,1-5H3. The van der Waals surface area contributed by atoms with Crippen molar-refractivity contribution in [3.05, 3.63) is 11.7 Å². The monoisotopic (exact) mass is 255 g/mol. The molecule has 1 aromatic heterocycles. The molecule has 0 aliphatic carbocycles. The van der Waals surface area contributed by atoms with Crippen LogP contribution in [0.2, 0.25) is 0 Å². The summed E-state index contributed by atoms with van der Waals surface area (Å²) in [5, 5.41) is 7.29. The quantitative estimate of drug-likeness (QED) is 0.722. The van der Waals surface area contributed by atoms with Crippen LogP contribution in [0.4, 0.5) is 0 Å². The van der Waals surface area contributed by atoms with E-state index in [2.05, 4.69) is 43.2 Å². The molecule has 0 fully saturated rings. The van der Waals surface area contributed by atoms with Crippen LogP contribution in [0.1, 0.15) is 45.3 Å².